The molecule has 0 fully saturated rings. The zero-order chi connectivity index (χ0) is 19.4. The van der Waals surface area contributed by atoms with Crippen molar-refractivity contribution in [1.82, 2.24) is 0 Å². The van der Waals surface area contributed by atoms with Gasteiger partial charge in [-0.1, -0.05) is 42.5 Å². The maximum Gasteiger partial charge on any atom is 0.346 e. The first-order valence-electron chi connectivity index (χ1n) is 7.87. The van der Waals surface area contributed by atoms with Crippen molar-refractivity contribution in [1.29, 1.82) is 0 Å². The highest BCUT2D eigenvalue weighted by molar-refractivity contribution is 7.93. The van der Waals surface area contributed by atoms with Gasteiger partial charge < -0.3 is 14.5 Å². The van der Waals surface area contributed by atoms with Crippen molar-refractivity contribution in [3.8, 4) is 5.75 Å². The summed E-state index contributed by atoms with van der Waals surface area (Å²) in [6.07, 6.45) is -1.09. The van der Waals surface area contributed by atoms with Crippen LogP contribution in [0.1, 0.15) is 30.1 Å². The molecule has 3 N–H and O–H groups in total. The third kappa shape index (κ3) is 5.93. The van der Waals surface area contributed by atoms with Gasteiger partial charge in [0, 0.05) is 0 Å². The van der Waals surface area contributed by atoms with Crippen LogP contribution in [0.5, 0.6) is 5.75 Å². The average Bonchev–Trinajstić information content (AvgIpc) is 2.52. The summed E-state index contributed by atoms with van der Waals surface area (Å²) >= 11 is 0. The molecule has 2 unspecified atom stereocenters. The molecule has 2 atom stereocenters. The maximum absolute atomic E-state index is 11.4. The molecule has 2 aromatic rings. The van der Waals surface area contributed by atoms with Gasteiger partial charge in [-0.25, -0.2) is 0 Å². The lowest BCUT2D eigenvalue weighted by molar-refractivity contribution is 0.191. The third-order valence-electron chi connectivity index (χ3n) is 3.83. The molecule has 0 amide bonds. The first kappa shape index (κ1) is 20.6. The number of hydrogen-bond donors (Lipinski definition) is 3. The van der Waals surface area contributed by atoms with Crippen molar-refractivity contribution in [2.75, 3.05) is 0 Å². The minimum absolute atomic E-state index is 0.00643. The Balaban J connectivity index is 2.26. The second-order valence-electron chi connectivity index (χ2n) is 5.97. The smallest absolute Gasteiger partial charge is 0.346 e. The van der Waals surface area contributed by atoms with Crippen LogP contribution in [-0.2, 0) is 14.7 Å². The predicted molar refractivity (Wildman–Crippen MR) is 97.6 cm³/mol. The van der Waals surface area contributed by atoms with Crippen LogP contribution < -0.4 is 4.74 Å². The van der Waals surface area contributed by atoms with E-state index >= 15 is 0 Å². The van der Waals surface area contributed by atoms with Crippen molar-refractivity contribution in [3.63, 3.8) is 0 Å². The van der Waals surface area contributed by atoms with Gasteiger partial charge in [0.1, 0.15) is 11.9 Å². The summed E-state index contributed by atoms with van der Waals surface area (Å²) in [6.45, 7) is 1.90. The molecule has 0 heterocycles. The van der Waals surface area contributed by atoms with Crippen LogP contribution in [0.3, 0.4) is 0 Å². The molecule has 0 saturated heterocycles. The van der Waals surface area contributed by atoms with E-state index in [1.165, 1.54) is 0 Å². The Morgan fingerprint density at radius 1 is 1.04 bits per heavy atom. The van der Waals surface area contributed by atoms with Gasteiger partial charge in [-0.3, -0.25) is 9.12 Å². The second-order valence-corrected chi connectivity index (χ2v) is 9.72. The molecular weight excluding hydrogens is 379 g/mol. The van der Waals surface area contributed by atoms with Crippen LogP contribution in [0.4, 0.5) is 0 Å². The predicted octanol–water partition coefficient (Wildman–Crippen LogP) is 3.29. The quantitative estimate of drug-likeness (QED) is 0.459. The molecule has 2 aromatic carbocycles. The largest absolute Gasteiger partial charge is 0.486 e. The Hall–Kier alpha value is -1.70. The van der Waals surface area contributed by atoms with E-state index in [1.807, 2.05) is 25.1 Å². The molecule has 2 rings (SSSR count). The van der Waals surface area contributed by atoms with Gasteiger partial charge >= 0.3 is 7.60 Å². The second kappa shape index (κ2) is 8.33. The van der Waals surface area contributed by atoms with Gasteiger partial charge in [-0.2, -0.15) is 8.42 Å². The van der Waals surface area contributed by atoms with Gasteiger partial charge in [-0.05, 0) is 43.0 Å². The summed E-state index contributed by atoms with van der Waals surface area (Å²) in [5.74, 6) is 0.554. The van der Waals surface area contributed by atoms with E-state index in [0.717, 1.165) is 11.1 Å². The van der Waals surface area contributed by atoms with Gasteiger partial charge in [0.25, 0.3) is 10.1 Å². The van der Waals surface area contributed by atoms with Crippen LogP contribution >= 0.6 is 7.60 Å². The molecule has 9 heteroatoms. The molecule has 0 aliphatic heterocycles. The summed E-state index contributed by atoms with van der Waals surface area (Å²) < 4.78 is 49.2. The van der Waals surface area contributed by atoms with Gasteiger partial charge in [-0.15, -0.1) is 0 Å². The summed E-state index contributed by atoms with van der Waals surface area (Å²) in [7, 11) is -9.93. The van der Waals surface area contributed by atoms with Crippen LogP contribution in [0, 0.1) is 6.92 Å². The van der Waals surface area contributed by atoms with E-state index in [-0.39, 0.29) is 6.42 Å². The summed E-state index contributed by atoms with van der Waals surface area (Å²) in [5, 5.41) is 0. The fourth-order valence-corrected chi connectivity index (χ4v) is 4.91. The van der Waals surface area contributed by atoms with Crippen LogP contribution in [0.25, 0.3) is 0 Å². The first-order chi connectivity index (χ1) is 12.1. The highest BCUT2D eigenvalue weighted by Gasteiger charge is 2.40. The van der Waals surface area contributed by atoms with E-state index in [1.54, 1.807) is 36.4 Å². The number of aryl methyl sites for hydroxylation is 1. The van der Waals surface area contributed by atoms with Gasteiger partial charge in [0.2, 0.25) is 0 Å². The molecule has 0 aromatic heterocycles. The van der Waals surface area contributed by atoms with Crippen molar-refractivity contribution >= 4 is 17.7 Å². The lowest BCUT2D eigenvalue weighted by atomic mass is 10.1. The summed E-state index contributed by atoms with van der Waals surface area (Å²) in [6, 6.07) is 16.2. The van der Waals surface area contributed by atoms with Crippen molar-refractivity contribution in [2.45, 2.75) is 30.9 Å². The Morgan fingerprint density at radius 3 is 2.23 bits per heavy atom. The van der Waals surface area contributed by atoms with Crippen LogP contribution in [-0.4, -0.2) is 27.7 Å². The number of benzene rings is 2. The van der Waals surface area contributed by atoms with Crippen molar-refractivity contribution in [2.24, 2.45) is 0 Å². The van der Waals surface area contributed by atoms with Crippen molar-refractivity contribution < 1.29 is 32.1 Å². The number of hydrogen-bond acceptors (Lipinski definition) is 4. The Morgan fingerprint density at radius 2 is 1.69 bits per heavy atom. The standard InChI is InChI=1S/C17H21O7PS/c1-13-6-5-9-15(12-13)24-16(14-7-3-2-4-8-14)10-11-17(25(18,19)20)26(21,22)23/h2-9,12,16-17H,10-11H2,1H3,(H2,18,19,20)(H,21,22,23). The Bertz CT molecular complexity index is 877. The SMILES string of the molecule is Cc1cccc(OC(CCC(P(=O)(O)O)S(=O)(=O)O)c2ccccc2)c1. The van der Waals surface area contributed by atoms with Crippen LogP contribution in [0.15, 0.2) is 54.6 Å². The highest BCUT2D eigenvalue weighted by atomic mass is 32.2. The summed E-state index contributed by atoms with van der Waals surface area (Å²) in [4.78, 5) is 16.3. The van der Waals surface area contributed by atoms with E-state index in [0.29, 0.717) is 5.75 Å². The molecule has 0 aliphatic rings. The molecule has 0 spiro atoms. The molecular formula is C17H21O7PS. The monoisotopic (exact) mass is 400 g/mol. The normalized spacial score (nSPS) is 14.6. The lowest BCUT2D eigenvalue weighted by Crippen LogP contribution is -2.22. The highest BCUT2D eigenvalue weighted by Crippen LogP contribution is 2.47. The summed E-state index contributed by atoms with van der Waals surface area (Å²) in [5.41, 5.74) is 1.70. The molecule has 0 aliphatic carbocycles. The topological polar surface area (TPSA) is 121 Å². The Kier molecular flexibility index (Phi) is 6.60. The molecule has 142 valence electrons. The molecule has 0 bridgehead atoms. The molecule has 7 nitrogen and oxygen atoms in total. The molecule has 0 saturated carbocycles. The zero-order valence-electron chi connectivity index (χ0n) is 14.1. The fourth-order valence-electron chi connectivity index (χ4n) is 2.60. The Labute approximate surface area is 152 Å². The lowest BCUT2D eigenvalue weighted by Gasteiger charge is -2.22. The van der Waals surface area contributed by atoms with E-state index in [2.05, 4.69) is 0 Å². The maximum atomic E-state index is 11.4. The van der Waals surface area contributed by atoms with Crippen molar-refractivity contribution in [3.05, 3.63) is 65.7 Å². The van der Waals surface area contributed by atoms with E-state index < -0.39 is 35.2 Å². The van der Waals surface area contributed by atoms with E-state index in [9.17, 15) is 22.8 Å². The third-order valence-corrected chi connectivity index (χ3v) is 7.39. The minimum Gasteiger partial charge on any atom is -0.486 e. The molecule has 0 radical (unpaired) electrons. The first-order valence-corrected chi connectivity index (χ1v) is 11.1. The van der Waals surface area contributed by atoms with Crippen LogP contribution in [0.2, 0.25) is 0 Å². The van der Waals surface area contributed by atoms with Gasteiger partial charge in [0.05, 0.1) is 0 Å². The minimum atomic E-state index is -5.03. The molecule has 26 heavy (non-hydrogen) atoms. The average molecular weight is 400 g/mol. The zero-order valence-corrected chi connectivity index (χ0v) is 15.8. The van der Waals surface area contributed by atoms with E-state index in [4.69, 9.17) is 9.29 Å². The number of rotatable bonds is 8. The fraction of sp³-hybridized carbons (Fsp3) is 0.294. The van der Waals surface area contributed by atoms with Gasteiger partial charge in [0.15, 0.2) is 4.99 Å². The number of ether oxygens (including phenoxy) is 1.